The Morgan fingerprint density at radius 3 is 1.98 bits per heavy atom. The molecule has 5 aromatic rings. The number of nitrogens with zero attached hydrogens (tertiary/aromatic N) is 2. The maximum absolute atomic E-state index is 13.8. The number of Topliss-reactive ketones (excluding diaryl/α,β-unsaturated/α-hetero) is 1. The summed E-state index contributed by atoms with van der Waals surface area (Å²) in [5.74, 6) is -1.50. The Morgan fingerprint density at radius 2 is 1.36 bits per heavy atom. The van der Waals surface area contributed by atoms with E-state index in [4.69, 9.17) is 4.74 Å². The van der Waals surface area contributed by atoms with Crippen LogP contribution in [0, 0.1) is 5.92 Å². The van der Waals surface area contributed by atoms with Gasteiger partial charge in [-0.2, -0.15) is 0 Å². The number of hydrogen-bond acceptors (Lipinski definition) is 7. The maximum atomic E-state index is 13.8. The lowest BCUT2D eigenvalue weighted by molar-refractivity contribution is -0.146. The third kappa shape index (κ3) is 11.7. The van der Waals surface area contributed by atoms with E-state index in [9.17, 15) is 24.6 Å². The topological polar surface area (TPSA) is 139 Å². The van der Waals surface area contributed by atoms with Crippen LogP contribution in [0.1, 0.15) is 98.4 Å². The second-order valence-electron chi connectivity index (χ2n) is 14.3. The van der Waals surface area contributed by atoms with Crippen molar-refractivity contribution in [3.05, 3.63) is 138 Å². The van der Waals surface area contributed by atoms with Crippen LogP contribution in [0.5, 0.6) is 5.75 Å². The predicted octanol–water partition coefficient (Wildman–Crippen LogP) is 9.02. The molecule has 0 radical (unpaired) electrons. The van der Waals surface area contributed by atoms with E-state index < -0.39 is 29.9 Å². The van der Waals surface area contributed by atoms with Gasteiger partial charge in [-0.1, -0.05) is 137 Å². The highest BCUT2D eigenvalue weighted by Crippen LogP contribution is 2.26. The lowest BCUT2D eigenvalue weighted by Crippen LogP contribution is -2.47. The van der Waals surface area contributed by atoms with E-state index in [-0.39, 0.29) is 18.6 Å². The second kappa shape index (κ2) is 20.1. The van der Waals surface area contributed by atoms with Crippen molar-refractivity contribution >= 4 is 17.7 Å². The number of benzene rings is 4. The molecule has 4 aromatic carbocycles. The molecule has 0 saturated carbocycles. The van der Waals surface area contributed by atoms with Gasteiger partial charge in [0.25, 0.3) is 0 Å². The molecule has 1 heterocycles. The van der Waals surface area contributed by atoms with E-state index in [2.05, 4.69) is 36.1 Å². The first-order chi connectivity index (χ1) is 26.6. The van der Waals surface area contributed by atoms with Crippen LogP contribution in [-0.2, 0) is 16.0 Å². The molecule has 9 heteroatoms. The minimum Gasteiger partial charge on any atom is -0.494 e. The fourth-order valence-corrected chi connectivity index (χ4v) is 6.38. The number of nitrogens with one attached hydrogen (secondary N) is 1. The smallest absolute Gasteiger partial charge is 0.329 e. The zero-order valence-electron chi connectivity index (χ0n) is 31.9. The molecule has 55 heavy (non-hydrogen) atoms. The van der Waals surface area contributed by atoms with Gasteiger partial charge in [0.15, 0.2) is 17.6 Å². The fourth-order valence-electron chi connectivity index (χ4n) is 6.38. The molecule has 0 aliphatic rings. The minimum absolute atomic E-state index is 0.154. The Balaban J connectivity index is 1.27. The largest absolute Gasteiger partial charge is 0.494 e. The van der Waals surface area contributed by atoms with Crippen molar-refractivity contribution in [1.29, 1.82) is 0 Å². The molecular weight excluding hydrogens is 691 g/mol. The average Bonchev–Trinajstić information content (AvgIpc) is 3.21. The van der Waals surface area contributed by atoms with Gasteiger partial charge in [-0.3, -0.25) is 9.59 Å². The molecule has 1 aromatic heterocycles. The molecular formula is C46H51N3O6. The summed E-state index contributed by atoms with van der Waals surface area (Å²) < 4.78 is 5.90. The van der Waals surface area contributed by atoms with Crippen LogP contribution in [0.4, 0.5) is 0 Å². The van der Waals surface area contributed by atoms with Crippen molar-refractivity contribution < 1.29 is 29.3 Å². The molecule has 1 amide bonds. The first kappa shape index (κ1) is 40.5. The highest BCUT2D eigenvalue weighted by Gasteiger charge is 2.33. The zero-order chi connectivity index (χ0) is 39.2. The van der Waals surface area contributed by atoms with Gasteiger partial charge in [-0.05, 0) is 53.1 Å². The van der Waals surface area contributed by atoms with Gasteiger partial charge in [-0.25, -0.2) is 14.8 Å². The summed E-state index contributed by atoms with van der Waals surface area (Å²) in [6, 6.07) is 29.4. The van der Waals surface area contributed by atoms with Gasteiger partial charge >= 0.3 is 5.97 Å². The standard InChI is InChI=1S/C46H51N3O6/c1-4-5-6-7-11-26-55-40-24-22-34(23-25-40)39-29-47-44(48-30-39)37-16-14-32(15-17-37)27-38(28-41(50)35-20-18-33(19-21-35)31(2)3)45(52)49-42(46(53)54)43(51)36-12-9-8-10-13-36/h8-10,12-25,29-31,38,42-43,51H,4-7,11,26-28H2,1-3H3,(H,49,52)(H,53,54)/t38-,42?,43?/m1/s1. The third-order valence-electron chi connectivity index (χ3n) is 9.77. The number of carbonyl (C=O) groups is 3. The van der Waals surface area contributed by atoms with Gasteiger partial charge < -0.3 is 20.3 Å². The van der Waals surface area contributed by atoms with Gasteiger partial charge in [0.1, 0.15) is 11.9 Å². The SMILES string of the molecule is CCCCCCCOc1ccc(-c2cnc(-c3ccc(C[C@H](CC(=O)c4ccc(C(C)C)cc4)C(=O)NC(C(=O)O)C(O)c4ccccc4)cc3)nc2)cc1. The monoisotopic (exact) mass is 741 g/mol. The summed E-state index contributed by atoms with van der Waals surface area (Å²) in [4.78, 5) is 48.8. The Kier molecular flexibility index (Phi) is 14.8. The first-order valence-electron chi connectivity index (χ1n) is 19.2. The van der Waals surface area contributed by atoms with Gasteiger partial charge in [0.2, 0.25) is 5.91 Å². The van der Waals surface area contributed by atoms with E-state index in [1.165, 1.54) is 25.7 Å². The van der Waals surface area contributed by atoms with Crippen molar-refractivity contribution in [3.8, 4) is 28.3 Å². The molecule has 286 valence electrons. The number of aromatic nitrogens is 2. The number of unbranched alkanes of at least 4 members (excludes halogenated alkanes) is 4. The number of ketones is 1. The quantitative estimate of drug-likeness (QED) is 0.0531. The van der Waals surface area contributed by atoms with E-state index in [1.54, 1.807) is 54.9 Å². The Morgan fingerprint density at radius 1 is 0.727 bits per heavy atom. The fraction of sp³-hybridized carbons (Fsp3) is 0.326. The van der Waals surface area contributed by atoms with Crippen molar-refractivity contribution in [1.82, 2.24) is 15.3 Å². The lowest BCUT2D eigenvalue weighted by atomic mass is 9.89. The van der Waals surface area contributed by atoms with Crippen LogP contribution in [-0.4, -0.2) is 50.5 Å². The van der Waals surface area contributed by atoms with Gasteiger partial charge in [0.05, 0.1) is 6.61 Å². The lowest BCUT2D eigenvalue weighted by Gasteiger charge is -2.24. The number of carboxylic acids is 1. The van der Waals surface area contributed by atoms with Crippen LogP contribution < -0.4 is 10.1 Å². The van der Waals surface area contributed by atoms with Crippen LogP contribution in [0.3, 0.4) is 0 Å². The number of aliphatic carboxylic acids is 1. The van der Waals surface area contributed by atoms with Crippen LogP contribution in [0.2, 0.25) is 0 Å². The van der Waals surface area contributed by atoms with Crippen molar-refractivity contribution in [2.45, 2.75) is 83.8 Å². The molecule has 0 bridgehead atoms. The number of carbonyl (C=O) groups excluding carboxylic acids is 2. The summed E-state index contributed by atoms with van der Waals surface area (Å²) in [7, 11) is 0. The number of aliphatic hydroxyl groups excluding tert-OH is 1. The summed E-state index contributed by atoms with van der Waals surface area (Å²) in [5.41, 5.74) is 5.31. The van der Waals surface area contributed by atoms with Crippen LogP contribution in [0.25, 0.3) is 22.5 Å². The minimum atomic E-state index is -1.61. The molecule has 0 aliphatic heterocycles. The maximum Gasteiger partial charge on any atom is 0.329 e. The van der Waals surface area contributed by atoms with Crippen LogP contribution in [0.15, 0.2) is 116 Å². The van der Waals surface area contributed by atoms with Crippen LogP contribution >= 0.6 is 0 Å². The van der Waals surface area contributed by atoms with E-state index >= 15 is 0 Å². The Bertz CT molecular complexity index is 1960. The van der Waals surface area contributed by atoms with Crippen molar-refractivity contribution in [2.75, 3.05) is 6.61 Å². The van der Waals surface area contributed by atoms with Crippen molar-refractivity contribution in [3.63, 3.8) is 0 Å². The Hall–Kier alpha value is -5.67. The molecule has 2 unspecified atom stereocenters. The number of ether oxygens (including phenoxy) is 1. The molecule has 9 nitrogen and oxygen atoms in total. The third-order valence-corrected chi connectivity index (χ3v) is 9.77. The summed E-state index contributed by atoms with van der Waals surface area (Å²) in [5, 5.41) is 23.4. The van der Waals surface area contributed by atoms with Crippen molar-refractivity contribution in [2.24, 2.45) is 5.92 Å². The Labute approximate surface area is 323 Å². The number of amides is 1. The second-order valence-corrected chi connectivity index (χ2v) is 14.3. The predicted molar refractivity (Wildman–Crippen MR) is 215 cm³/mol. The molecule has 0 aliphatic carbocycles. The zero-order valence-corrected chi connectivity index (χ0v) is 31.9. The average molecular weight is 742 g/mol. The molecule has 3 atom stereocenters. The molecule has 0 saturated heterocycles. The number of carboxylic acid groups (broad SMARTS) is 1. The summed E-state index contributed by atoms with van der Waals surface area (Å²) in [6.07, 6.45) is 8.04. The normalized spacial score (nSPS) is 12.8. The number of hydrogen-bond donors (Lipinski definition) is 3. The summed E-state index contributed by atoms with van der Waals surface area (Å²) >= 11 is 0. The summed E-state index contributed by atoms with van der Waals surface area (Å²) in [6.45, 7) is 7.06. The number of rotatable bonds is 20. The molecule has 0 fully saturated rings. The molecule has 0 spiro atoms. The van der Waals surface area contributed by atoms with E-state index in [0.717, 1.165) is 40.0 Å². The highest BCUT2D eigenvalue weighted by molar-refractivity contribution is 5.99. The van der Waals surface area contributed by atoms with E-state index in [1.807, 2.05) is 60.7 Å². The molecule has 5 rings (SSSR count). The van der Waals surface area contributed by atoms with Gasteiger partial charge in [0, 0.05) is 41.4 Å². The number of aliphatic hydroxyl groups is 1. The van der Waals surface area contributed by atoms with E-state index in [0.29, 0.717) is 29.5 Å². The first-order valence-corrected chi connectivity index (χ1v) is 19.2. The highest BCUT2D eigenvalue weighted by atomic mass is 16.5. The molecule has 3 N–H and O–H groups in total. The van der Waals surface area contributed by atoms with Gasteiger partial charge in [-0.15, -0.1) is 0 Å².